The molecule has 1 atom stereocenters. The van der Waals surface area contributed by atoms with Crippen molar-refractivity contribution in [1.82, 2.24) is 9.97 Å². The van der Waals surface area contributed by atoms with Crippen LogP contribution in [-0.4, -0.2) is 16.6 Å². The Morgan fingerprint density at radius 1 is 1.62 bits per heavy atom. The normalized spacial score (nSPS) is 24.9. The largest absolute Gasteiger partial charge is 0.367 e. The van der Waals surface area contributed by atoms with Gasteiger partial charge in [0.25, 0.3) is 0 Å². The Hall–Kier alpha value is -0.740. The predicted molar refractivity (Wildman–Crippen MR) is 66.0 cm³/mol. The van der Waals surface area contributed by atoms with Gasteiger partial charge in [-0.05, 0) is 32.3 Å². The first-order chi connectivity index (χ1) is 7.64. The first-order valence-electron chi connectivity index (χ1n) is 5.89. The number of H-pyrrole nitrogens is 1. The molecule has 1 aromatic rings. The molecule has 0 bridgehead atoms. The molecule has 1 N–H and O–H groups in total. The van der Waals surface area contributed by atoms with E-state index in [0.29, 0.717) is 4.64 Å². The third-order valence-corrected chi connectivity index (χ3v) is 3.25. The molecule has 1 saturated heterocycles. The smallest absolute Gasteiger partial charge is 0.140 e. The van der Waals surface area contributed by atoms with Crippen molar-refractivity contribution >= 4 is 12.2 Å². The number of rotatable bonds is 3. The van der Waals surface area contributed by atoms with Crippen LogP contribution in [0, 0.1) is 4.64 Å². The van der Waals surface area contributed by atoms with Crippen molar-refractivity contribution in [1.29, 1.82) is 0 Å². The second-order valence-electron chi connectivity index (χ2n) is 4.53. The lowest BCUT2D eigenvalue weighted by molar-refractivity contribution is 0.00906. The molecule has 0 aromatic carbocycles. The molecule has 1 aliphatic rings. The van der Waals surface area contributed by atoms with Gasteiger partial charge in [-0.1, -0.05) is 25.6 Å². The average molecular weight is 238 g/mol. The summed E-state index contributed by atoms with van der Waals surface area (Å²) in [6.45, 7) is 5.06. The van der Waals surface area contributed by atoms with Gasteiger partial charge in [0, 0.05) is 12.3 Å². The van der Waals surface area contributed by atoms with E-state index in [4.69, 9.17) is 17.0 Å². The van der Waals surface area contributed by atoms with Crippen LogP contribution >= 0.6 is 12.2 Å². The van der Waals surface area contributed by atoms with E-state index in [9.17, 15) is 0 Å². The van der Waals surface area contributed by atoms with E-state index in [1.807, 2.05) is 6.07 Å². The van der Waals surface area contributed by atoms with Gasteiger partial charge in [-0.15, -0.1) is 0 Å². The summed E-state index contributed by atoms with van der Waals surface area (Å²) < 4.78 is 6.44. The minimum Gasteiger partial charge on any atom is -0.367 e. The standard InChI is InChI=1S/C12H18N2OS/c1-3-5-9-8-10(16)14-11(13-9)12(2)6-4-7-15-12/h8H,3-7H2,1-2H3,(H,13,14,16). The molecule has 2 heterocycles. The van der Waals surface area contributed by atoms with E-state index in [0.717, 1.165) is 43.8 Å². The minimum atomic E-state index is -0.267. The highest BCUT2D eigenvalue weighted by atomic mass is 32.1. The molecule has 0 spiro atoms. The maximum Gasteiger partial charge on any atom is 0.140 e. The molecule has 1 fully saturated rings. The molecule has 1 unspecified atom stereocenters. The molecule has 1 aromatic heterocycles. The number of aryl methyl sites for hydroxylation is 1. The van der Waals surface area contributed by atoms with Crippen molar-refractivity contribution in [3.8, 4) is 0 Å². The molecule has 88 valence electrons. The third-order valence-electron chi connectivity index (χ3n) is 3.04. The number of ether oxygens (including phenoxy) is 1. The lowest BCUT2D eigenvalue weighted by Gasteiger charge is -2.22. The zero-order valence-corrected chi connectivity index (χ0v) is 10.7. The van der Waals surface area contributed by atoms with Crippen LogP contribution in [0.5, 0.6) is 0 Å². The fourth-order valence-corrected chi connectivity index (χ4v) is 2.36. The third kappa shape index (κ3) is 2.33. The van der Waals surface area contributed by atoms with Gasteiger partial charge >= 0.3 is 0 Å². The highest BCUT2D eigenvalue weighted by Crippen LogP contribution is 2.33. The Morgan fingerprint density at radius 2 is 2.44 bits per heavy atom. The zero-order valence-electron chi connectivity index (χ0n) is 9.88. The summed E-state index contributed by atoms with van der Waals surface area (Å²) in [5.74, 6) is 0.890. The molecule has 2 rings (SSSR count). The number of aromatic nitrogens is 2. The van der Waals surface area contributed by atoms with Gasteiger partial charge in [0.05, 0.1) is 0 Å². The van der Waals surface area contributed by atoms with Crippen LogP contribution in [0.4, 0.5) is 0 Å². The van der Waals surface area contributed by atoms with Crippen LogP contribution in [0.2, 0.25) is 0 Å². The van der Waals surface area contributed by atoms with Gasteiger partial charge in [-0.25, -0.2) is 4.98 Å². The average Bonchev–Trinajstić information content (AvgIpc) is 2.66. The van der Waals surface area contributed by atoms with E-state index in [1.54, 1.807) is 0 Å². The van der Waals surface area contributed by atoms with Gasteiger partial charge in [-0.3, -0.25) is 0 Å². The first-order valence-corrected chi connectivity index (χ1v) is 6.29. The van der Waals surface area contributed by atoms with Crippen molar-refractivity contribution in [2.45, 2.75) is 45.1 Å². The van der Waals surface area contributed by atoms with Crippen LogP contribution in [0.25, 0.3) is 0 Å². The summed E-state index contributed by atoms with van der Waals surface area (Å²) in [5.41, 5.74) is 0.895. The number of nitrogens with one attached hydrogen (secondary N) is 1. The Bertz CT molecular complexity index is 421. The Balaban J connectivity index is 2.36. The fraction of sp³-hybridized carbons (Fsp3) is 0.667. The summed E-state index contributed by atoms with van der Waals surface area (Å²) in [7, 11) is 0. The van der Waals surface area contributed by atoms with Gasteiger partial charge < -0.3 is 9.72 Å². The lowest BCUT2D eigenvalue weighted by atomic mass is 10.0. The number of hydrogen-bond acceptors (Lipinski definition) is 3. The quantitative estimate of drug-likeness (QED) is 0.822. The Labute approximate surface area is 101 Å². The van der Waals surface area contributed by atoms with E-state index in [2.05, 4.69) is 23.8 Å². The van der Waals surface area contributed by atoms with Crippen molar-refractivity contribution in [2.24, 2.45) is 0 Å². The van der Waals surface area contributed by atoms with Crippen molar-refractivity contribution in [2.75, 3.05) is 6.61 Å². The van der Waals surface area contributed by atoms with Crippen molar-refractivity contribution in [3.63, 3.8) is 0 Å². The van der Waals surface area contributed by atoms with Crippen LogP contribution in [0.3, 0.4) is 0 Å². The summed E-state index contributed by atoms with van der Waals surface area (Å²) in [4.78, 5) is 7.77. The van der Waals surface area contributed by atoms with E-state index in [-0.39, 0.29) is 5.60 Å². The summed E-state index contributed by atoms with van der Waals surface area (Å²) >= 11 is 5.20. The van der Waals surface area contributed by atoms with Crippen molar-refractivity contribution < 1.29 is 4.74 Å². The molecular formula is C12H18N2OS. The summed E-state index contributed by atoms with van der Waals surface area (Å²) in [6, 6.07) is 1.95. The number of hydrogen-bond donors (Lipinski definition) is 1. The Kier molecular flexibility index (Phi) is 3.40. The zero-order chi connectivity index (χ0) is 11.6. The molecular weight excluding hydrogens is 220 g/mol. The van der Waals surface area contributed by atoms with Crippen LogP contribution in [0.1, 0.15) is 44.6 Å². The Morgan fingerprint density at radius 3 is 3.06 bits per heavy atom. The maximum atomic E-state index is 5.77. The second-order valence-corrected chi connectivity index (χ2v) is 4.94. The minimum absolute atomic E-state index is 0.267. The summed E-state index contributed by atoms with van der Waals surface area (Å²) in [5, 5.41) is 0. The van der Waals surface area contributed by atoms with Gasteiger partial charge in [0.15, 0.2) is 0 Å². The number of aromatic amines is 1. The van der Waals surface area contributed by atoms with Gasteiger partial charge in [-0.2, -0.15) is 0 Å². The highest BCUT2D eigenvalue weighted by Gasteiger charge is 2.34. The van der Waals surface area contributed by atoms with E-state index >= 15 is 0 Å². The fourth-order valence-electron chi connectivity index (χ4n) is 2.13. The summed E-state index contributed by atoms with van der Waals surface area (Å²) in [6.07, 6.45) is 4.22. The topological polar surface area (TPSA) is 37.9 Å². The van der Waals surface area contributed by atoms with Crippen LogP contribution < -0.4 is 0 Å². The maximum absolute atomic E-state index is 5.77. The SMILES string of the molecule is CCCc1cc(=S)nc(C2(C)CCCO2)[nH]1. The highest BCUT2D eigenvalue weighted by molar-refractivity contribution is 7.71. The molecule has 4 heteroatoms. The van der Waals surface area contributed by atoms with E-state index < -0.39 is 0 Å². The van der Waals surface area contributed by atoms with Gasteiger partial charge in [0.2, 0.25) is 0 Å². The molecule has 0 radical (unpaired) electrons. The number of nitrogens with zero attached hydrogens (tertiary/aromatic N) is 1. The lowest BCUT2D eigenvalue weighted by Crippen LogP contribution is -2.24. The predicted octanol–water partition coefficient (Wildman–Crippen LogP) is 3.12. The first kappa shape index (κ1) is 11.7. The molecule has 16 heavy (non-hydrogen) atoms. The van der Waals surface area contributed by atoms with Crippen LogP contribution in [-0.2, 0) is 16.8 Å². The molecule has 0 amide bonds. The van der Waals surface area contributed by atoms with Gasteiger partial charge in [0.1, 0.15) is 16.1 Å². The monoisotopic (exact) mass is 238 g/mol. The molecule has 1 aliphatic heterocycles. The molecule has 3 nitrogen and oxygen atoms in total. The van der Waals surface area contributed by atoms with Crippen LogP contribution in [0.15, 0.2) is 6.07 Å². The second kappa shape index (κ2) is 4.63. The molecule has 0 aliphatic carbocycles. The van der Waals surface area contributed by atoms with Crippen molar-refractivity contribution in [3.05, 3.63) is 22.2 Å². The van der Waals surface area contributed by atoms with E-state index in [1.165, 1.54) is 0 Å². The molecule has 0 saturated carbocycles.